The van der Waals surface area contributed by atoms with Crippen LogP contribution in [0.25, 0.3) is 0 Å². The summed E-state index contributed by atoms with van der Waals surface area (Å²) in [4.78, 5) is 12.0. The van der Waals surface area contributed by atoms with Crippen molar-refractivity contribution in [2.45, 2.75) is 0 Å². The Morgan fingerprint density at radius 3 is 2.46 bits per heavy atom. The molecule has 8 heteroatoms. The van der Waals surface area contributed by atoms with Crippen molar-refractivity contribution in [2.75, 3.05) is 14.2 Å². The molecule has 0 saturated carbocycles. The lowest BCUT2D eigenvalue weighted by Gasteiger charge is -2.10. The largest absolute Gasteiger partial charge is 0.493 e. The molecule has 0 atom stereocenters. The van der Waals surface area contributed by atoms with Gasteiger partial charge in [0.15, 0.2) is 11.5 Å². The Morgan fingerprint density at radius 2 is 1.83 bits per heavy atom. The van der Waals surface area contributed by atoms with Gasteiger partial charge in [-0.25, -0.2) is 5.43 Å². The maximum absolute atomic E-state index is 12.0. The standard InChI is InChI=1S/C16H13Cl3N2O3/c1-23-14-6-9(5-13(19)15(14)24-2)8-20-21-16(22)11-4-3-10(17)7-12(11)18/h3-8H,1-2H3,(H,21,22). The molecule has 0 unspecified atom stereocenters. The van der Waals surface area contributed by atoms with Gasteiger partial charge in [-0.1, -0.05) is 34.8 Å². The molecule has 0 bridgehead atoms. The zero-order chi connectivity index (χ0) is 17.7. The van der Waals surface area contributed by atoms with Crippen molar-refractivity contribution in [3.05, 3.63) is 56.5 Å². The normalized spacial score (nSPS) is 10.7. The number of amides is 1. The molecular formula is C16H13Cl3N2O3. The van der Waals surface area contributed by atoms with E-state index in [1.54, 1.807) is 18.2 Å². The first-order valence-corrected chi connectivity index (χ1v) is 7.79. The number of hydrogen-bond acceptors (Lipinski definition) is 4. The highest BCUT2D eigenvalue weighted by Crippen LogP contribution is 2.35. The molecule has 2 aromatic carbocycles. The van der Waals surface area contributed by atoms with Crippen LogP contribution in [-0.4, -0.2) is 26.3 Å². The summed E-state index contributed by atoms with van der Waals surface area (Å²) < 4.78 is 10.3. The van der Waals surface area contributed by atoms with Crippen molar-refractivity contribution in [2.24, 2.45) is 5.10 Å². The van der Waals surface area contributed by atoms with Crippen LogP contribution in [0, 0.1) is 0 Å². The topological polar surface area (TPSA) is 59.9 Å². The van der Waals surface area contributed by atoms with Crippen LogP contribution in [0.2, 0.25) is 15.1 Å². The van der Waals surface area contributed by atoms with Gasteiger partial charge in [0, 0.05) is 5.02 Å². The summed E-state index contributed by atoms with van der Waals surface area (Å²) in [5, 5.41) is 4.93. The van der Waals surface area contributed by atoms with Gasteiger partial charge in [0.05, 0.1) is 36.0 Å². The monoisotopic (exact) mass is 386 g/mol. The van der Waals surface area contributed by atoms with Crippen LogP contribution < -0.4 is 14.9 Å². The molecule has 0 aliphatic carbocycles. The molecule has 0 radical (unpaired) electrons. The third kappa shape index (κ3) is 4.32. The van der Waals surface area contributed by atoms with E-state index in [0.29, 0.717) is 27.1 Å². The smallest absolute Gasteiger partial charge is 0.272 e. The number of nitrogens with zero attached hydrogens (tertiary/aromatic N) is 1. The molecule has 0 aliphatic heterocycles. The first-order chi connectivity index (χ1) is 11.5. The molecule has 0 aliphatic rings. The van der Waals surface area contributed by atoms with Crippen molar-refractivity contribution >= 4 is 46.9 Å². The van der Waals surface area contributed by atoms with E-state index in [4.69, 9.17) is 44.3 Å². The quantitative estimate of drug-likeness (QED) is 0.610. The Kier molecular flexibility index (Phi) is 6.31. The Labute approximate surface area is 154 Å². The summed E-state index contributed by atoms with van der Waals surface area (Å²) in [6.07, 6.45) is 1.43. The van der Waals surface area contributed by atoms with Gasteiger partial charge in [-0.2, -0.15) is 5.10 Å². The summed E-state index contributed by atoms with van der Waals surface area (Å²) in [5.41, 5.74) is 3.27. The molecule has 0 fully saturated rings. The summed E-state index contributed by atoms with van der Waals surface area (Å²) in [5.74, 6) is 0.423. The van der Waals surface area contributed by atoms with Gasteiger partial charge < -0.3 is 9.47 Å². The molecular weight excluding hydrogens is 375 g/mol. The van der Waals surface area contributed by atoms with E-state index in [1.165, 1.54) is 32.6 Å². The summed E-state index contributed by atoms with van der Waals surface area (Å²) >= 11 is 17.9. The predicted molar refractivity (Wildman–Crippen MR) is 96.1 cm³/mol. The zero-order valence-electron chi connectivity index (χ0n) is 12.8. The van der Waals surface area contributed by atoms with Crippen molar-refractivity contribution in [3.63, 3.8) is 0 Å². The highest BCUT2D eigenvalue weighted by atomic mass is 35.5. The molecule has 5 nitrogen and oxygen atoms in total. The van der Waals surface area contributed by atoms with Crippen LogP contribution in [0.1, 0.15) is 15.9 Å². The lowest BCUT2D eigenvalue weighted by atomic mass is 10.2. The molecule has 0 spiro atoms. The second kappa shape index (κ2) is 8.24. The van der Waals surface area contributed by atoms with Crippen molar-refractivity contribution < 1.29 is 14.3 Å². The number of benzene rings is 2. The van der Waals surface area contributed by atoms with Crippen LogP contribution in [0.5, 0.6) is 11.5 Å². The third-order valence-corrected chi connectivity index (χ3v) is 3.84. The third-order valence-electron chi connectivity index (χ3n) is 3.01. The fraction of sp³-hybridized carbons (Fsp3) is 0.125. The molecule has 0 aromatic heterocycles. The number of halogens is 3. The van der Waals surface area contributed by atoms with Crippen LogP contribution >= 0.6 is 34.8 Å². The minimum Gasteiger partial charge on any atom is -0.493 e. The predicted octanol–water partition coefficient (Wildman–Crippen LogP) is 4.43. The Balaban J connectivity index is 2.14. The number of ether oxygens (including phenoxy) is 2. The van der Waals surface area contributed by atoms with Gasteiger partial charge in [-0.3, -0.25) is 4.79 Å². The second-order valence-corrected chi connectivity index (χ2v) is 5.81. The first-order valence-electron chi connectivity index (χ1n) is 6.66. The minimum absolute atomic E-state index is 0.240. The van der Waals surface area contributed by atoms with Crippen molar-refractivity contribution in [3.8, 4) is 11.5 Å². The highest BCUT2D eigenvalue weighted by molar-refractivity contribution is 6.36. The molecule has 1 amide bonds. The number of methoxy groups -OCH3 is 2. The molecule has 1 N–H and O–H groups in total. The first kappa shape index (κ1) is 18.4. The van der Waals surface area contributed by atoms with Gasteiger partial charge in [0.1, 0.15) is 0 Å². The second-order valence-electron chi connectivity index (χ2n) is 4.56. The van der Waals surface area contributed by atoms with E-state index in [0.717, 1.165) is 0 Å². The van der Waals surface area contributed by atoms with Crippen LogP contribution in [0.15, 0.2) is 35.4 Å². The van der Waals surface area contributed by atoms with Crippen LogP contribution in [-0.2, 0) is 0 Å². The van der Waals surface area contributed by atoms with Crippen molar-refractivity contribution in [1.82, 2.24) is 5.43 Å². The van der Waals surface area contributed by atoms with Crippen molar-refractivity contribution in [1.29, 1.82) is 0 Å². The minimum atomic E-state index is -0.459. The fourth-order valence-electron chi connectivity index (χ4n) is 1.91. The zero-order valence-corrected chi connectivity index (χ0v) is 15.0. The average molecular weight is 388 g/mol. The van der Waals surface area contributed by atoms with Crippen LogP contribution in [0.3, 0.4) is 0 Å². The number of hydrogen-bond donors (Lipinski definition) is 1. The molecule has 24 heavy (non-hydrogen) atoms. The lowest BCUT2D eigenvalue weighted by molar-refractivity contribution is 0.0955. The number of carbonyl (C=O) groups excluding carboxylic acids is 1. The van der Waals surface area contributed by atoms with Gasteiger partial charge in [-0.15, -0.1) is 0 Å². The summed E-state index contributed by atoms with van der Waals surface area (Å²) in [7, 11) is 2.99. The lowest BCUT2D eigenvalue weighted by Crippen LogP contribution is -2.18. The Morgan fingerprint density at radius 1 is 1.08 bits per heavy atom. The highest BCUT2D eigenvalue weighted by Gasteiger charge is 2.11. The van der Waals surface area contributed by atoms with E-state index < -0.39 is 5.91 Å². The number of nitrogens with one attached hydrogen (secondary N) is 1. The summed E-state index contributed by atoms with van der Waals surface area (Å²) in [6, 6.07) is 7.88. The fourth-order valence-corrected chi connectivity index (χ4v) is 2.70. The molecule has 2 rings (SSSR count). The number of carbonyl (C=O) groups is 1. The number of rotatable bonds is 5. The van der Waals surface area contributed by atoms with E-state index in [9.17, 15) is 4.79 Å². The maximum atomic E-state index is 12.0. The Hall–Kier alpha value is -1.95. The van der Waals surface area contributed by atoms with E-state index >= 15 is 0 Å². The SMILES string of the molecule is COc1cc(C=NNC(=O)c2ccc(Cl)cc2Cl)cc(Cl)c1OC. The molecule has 2 aromatic rings. The molecule has 126 valence electrons. The van der Waals surface area contributed by atoms with Gasteiger partial charge in [0.2, 0.25) is 0 Å². The molecule has 0 saturated heterocycles. The summed E-state index contributed by atoms with van der Waals surface area (Å²) in [6.45, 7) is 0. The van der Waals surface area contributed by atoms with Gasteiger partial charge in [-0.05, 0) is 35.9 Å². The number of hydrazone groups is 1. The van der Waals surface area contributed by atoms with E-state index in [2.05, 4.69) is 10.5 Å². The maximum Gasteiger partial charge on any atom is 0.272 e. The average Bonchev–Trinajstić information content (AvgIpc) is 2.54. The molecule has 0 heterocycles. The van der Waals surface area contributed by atoms with E-state index in [1.807, 2.05) is 0 Å². The van der Waals surface area contributed by atoms with Gasteiger partial charge >= 0.3 is 0 Å². The Bertz CT molecular complexity index is 794. The van der Waals surface area contributed by atoms with E-state index in [-0.39, 0.29) is 10.6 Å². The van der Waals surface area contributed by atoms with Crippen LogP contribution in [0.4, 0.5) is 0 Å². The van der Waals surface area contributed by atoms with Gasteiger partial charge in [0.25, 0.3) is 5.91 Å².